The number of rotatable bonds is 3. The van der Waals surface area contributed by atoms with E-state index in [9.17, 15) is 9.59 Å². The molecule has 0 aromatic heterocycles. The van der Waals surface area contributed by atoms with E-state index in [0.717, 1.165) is 0 Å². The van der Waals surface area contributed by atoms with Crippen LogP contribution in [0.25, 0.3) is 0 Å². The summed E-state index contributed by atoms with van der Waals surface area (Å²) < 4.78 is 0. The van der Waals surface area contributed by atoms with Crippen LogP contribution in [0.1, 0.15) is 34.1 Å². The van der Waals surface area contributed by atoms with E-state index in [1.54, 1.807) is 31.3 Å². The van der Waals surface area contributed by atoms with E-state index in [4.69, 9.17) is 0 Å². The number of hydrogen-bond acceptors (Lipinski definition) is 2. The van der Waals surface area contributed by atoms with Gasteiger partial charge in [0.2, 0.25) is 0 Å². The van der Waals surface area contributed by atoms with Gasteiger partial charge in [0.1, 0.15) is 0 Å². The van der Waals surface area contributed by atoms with Gasteiger partial charge in [-0.15, -0.1) is 0 Å². The van der Waals surface area contributed by atoms with Gasteiger partial charge in [-0.3, -0.25) is 9.59 Å². The van der Waals surface area contributed by atoms with Crippen LogP contribution in [0.4, 0.5) is 0 Å². The third-order valence-electron chi connectivity index (χ3n) is 2.02. The second-order valence-corrected chi connectivity index (χ2v) is 2.93. The Kier molecular flexibility index (Phi) is 3.40. The summed E-state index contributed by atoms with van der Waals surface area (Å²) in [4.78, 5) is 22.4. The van der Waals surface area contributed by atoms with Crippen LogP contribution in [0.5, 0.6) is 0 Å². The van der Waals surface area contributed by atoms with E-state index in [1.165, 1.54) is 0 Å². The molecule has 1 aromatic rings. The van der Waals surface area contributed by atoms with Gasteiger partial charge >= 0.3 is 0 Å². The van der Waals surface area contributed by atoms with Gasteiger partial charge in [0.15, 0.2) is 5.78 Å². The van der Waals surface area contributed by atoms with E-state index >= 15 is 0 Å². The predicted molar refractivity (Wildman–Crippen MR) is 54.5 cm³/mol. The lowest BCUT2D eigenvalue weighted by molar-refractivity contribution is 0.0958. The van der Waals surface area contributed by atoms with E-state index in [1.807, 2.05) is 6.92 Å². The third-order valence-corrected chi connectivity index (χ3v) is 2.02. The average molecular weight is 191 g/mol. The average Bonchev–Trinajstić information content (AvgIpc) is 2.27. The van der Waals surface area contributed by atoms with Crippen molar-refractivity contribution in [3.8, 4) is 0 Å². The zero-order valence-electron chi connectivity index (χ0n) is 8.33. The molecule has 3 heteroatoms. The Bertz CT molecular complexity index is 306. The molecular formula is C11H13NO2. The topological polar surface area (TPSA) is 46.2 Å². The summed E-state index contributed by atoms with van der Waals surface area (Å²) in [5.41, 5.74) is 1.22. The highest BCUT2D eigenvalue weighted by atomic mass is 16.1. The van der Waals surface area contributed by atoms with Crippen molar-refractivity contribution in [2.45, 2.75) is 13.3 Å². The third kappa shape index (κ3) is 2.19. The van der Waals surface area contributed by atoms with Crippen LogP contribution in [0.15, 0.2) is 24.3 Å². The maximum atomic E-state index is 11.3. The number of carbonyl (C=O) groups excluding carboxylic acids is 2. The molecule has 0 bridgehead atoms. The number of carbonyl (C=O) groups is 2. The fraction of sp³-hybridized carbons (Fsp3) is 0.273. The standard InChI is InChI=1S/C11H13NO2/c1-3-10(13)8-4-6-9(7-5-8)11(14)12-2/h4-7H,3H2,1-2H3,(H,12,14). The molecule has 1 aromatic carbocycles. The van der Waals surface area contributed by atoms with Gasteiger partial charge in [0, 0.05) is 24.6 Å². The van der Waals surface area contributed by atoms with Gasteiger partial charge in [-0.05, 0) is 12.1 Å². The number of Topliss-reactive ketones (excluding diaryl/α,β-unsaturated/α-hetero) is 1. The van der Waals surface area contributed by atoms with Crippen LogP contribution in [0.2, 0.25) is 0 Å². The van der Waals surface area contributed by atoms with Crippen molar-refractivity contribution in [3.05, 3.63) is 35.4 Å². The van der Waals surface area contributed by atoms with Crippen LogP contribution in [-0.4, -0.2) is 18.7 Å². The minimum Gasteiger partial charge on any atom is -0.355 e. The van der Waals surface area contributed by atoms with Crippen LogP contribution in [0.3, 0.4) is 0 Å². The van der Waals surface area contributed by atoms with Crippen molar-refractivity contribution in [3.63, 3.8) is 0 Å². The summed E-state index contributed by atoms with van der Waals surface area (Å²) in [7, 11) is 1.58. The van der Waals surface area contributed by atoms with Crippen LogP contribution in [0, 0.1) is 0 Å². The predicted octanol–water partition coefficient (Wildman–Crippen LogP) is 1.64. The SMILES string of the molecule is CCC(=O)c1ccc(C(=O)NC)cc1. The molecular weight excluding hydrogens is 178 g/mol. The molecule has 0 fully saturated rings. The molecule has 3 nitrogen and oxygen atoms in total. The Labute approximate surface area is 83.1 Å². The van der Waals surface area contributed by atoms with Gasteiger partial charge < -0.3 is 5.32 Å². The molecule has 0 atom stereocenters. The molecule has 1 amide bonds. The molecule has 0 saturated carbocycles. The maximum Gasteiger partial charge on any atom is 0.251 e. The molecule has 1 N–H and O–H groups in total. The molecule has 0 aliphatic rings. The minimum atomic E-state index is -0.138. The Morgan fingerprint density at radius 1 is 1.14 bits per heavy atom. The quantitative estimate of drug-likeness (QED) is 0.738. The highest BCUT2D eigenvalue weighted by Crippen LogP contribution is 2.06. The highest BCUT2D eigenvalue weighted by Gasteiger charge is 2.05. The minimum absolute atomic E-state index is 0.0912. The van der Waals surface area contributed by atoms with E-state index in [2.05, 4.69) is 5.32 Å². The molecule has 0 spiro atoms. The molecule has 0 radical (unpaired) electrons. The summed E-state index contributed by atoms with van der Waals surface area (Å²) in [5.74, 6) is -0.0473. The van der Waals surface area contributed by atoms with Gasteiger partial charge in [0.25, 0.3) is 5.91 Å². The fourth-order valence-electron chi connectivity index (χ4n) is 1.16. The first-order chi connectivity index (χ1) is 6.69. The molecule has 0 saturated heterocycles. The Hall–Kier alpha value is -1.64. The molecule has 1 rings (SSSR count). The molecule has 0 unspecified atom stereocenters. The first-order valence-electron chi connectivity index (χ1n) is 4.54. The van der Waals surface area contributed by atoms with Crippen molar-refractivity contribution < 1.29 is 9.59 Å². The second-order valence-electron chi connectivity index (χ2n) is 2.93. The molecule has 0 aliphatic carbocycles. The monoisotopic (exact) mass is 191 g/mol. The first kappa shape index (κ1) is 10.4. The second kappa shape index (κ2) is 4.56. The van der Waals surface area contributed by atoms with Gasteiger partial charge in [-0.1, -0.05) is 19.1 Å². The largest absolute Gasteiger partial charge is 0.355 e. The van der Waals surface area contributed by atoms with Crippen molar-refractivity contribution in [2.24, 2.45) is 0 Å². The number of ketones is 1. The highest BCUT2D eigenvalue weighted by molar-refractivity contribution is 5.98. The fourth-order valence-corrected chi connectivity index (χ4v) is 1.16. The lowest BCUT2D eigenvalue weighted by atomic mass is 10.1. The van der Waals surface area contributed by atoms with Crippen molar-refractivity contribution in [1.29, 1.82) is 0 Å². The number of hydrogen-bond donors (Lipinski definition) is 1. The number of amides is 1. The smallest absolute Gasteiger partial charge is 0.251 e. The molecule has 0 heterocycles. The zero-order chi connectivity index (χ0) is 10.6. The van der Waals surface area contributed by atoms with Gasteiger partial charge in [-0.25, -0.2) is 0 Å². The van der Waals surface area contributed by atoms with E-state index in [0.29, 0.717) is 17.5 Å². The summed E-state index contributed by atoms with van der Waals surface area (Å²) in [5, 5.41) is 2.52. The van der Waals surface area contributed by atoms with Crippen LogP contribution in [-0.2, 0) is 0 Å². The summed E-state index contributed by atoms with van der Waals surface area (Å²) in [6.07, 6.45) is 0.485. The zero-order valence-corrected chi connectivity index (χ0v) is 8.33. The lowest BCUT2D eigenvalue weighted by Gasteiger charge is -2.01. The van der Waals surface area contributed by atoms with Gasteiger partial charge in [0.05, 0.1) is 0 Å². The summed E-state index contributed by atoms with van der Waals surface area (Å²) in [6.45, 7) is 1.81. The Morgan fingerprint density at radius 2 is 1.64 bits per heavy atom. The first-order valence-corrected chi connectivity index (χ1v) is 4.54. The number of nitrogens with one attached hydrogen (secondary N) is 1. The molecule has 0 aliphatic heterocycles. The van der Waals surface area contributed by atoms with Crippen LogP contribution >= 0.6 is 0 Å². The lowest BCUT2D eigenvalue weighted by Crippen LogP contribution is -2.17. The summed E-state index contributed by atoms with van der Waals surface area (Å²) >= 11 is 0. The van der Waals surface area contributed by atoms with Crippen molar-refractivity contribution in [2.75, 3.05) is 7.05 Å². The van der Waals surface area contributed by atoms with Gasteiger partial charge in [-0.2, -0.15) is 0 Å². The van der Waals surface area contributed by atoms with Crippen molar-refractivity contribution in [1.82, 2.24) is 5.32 Å². The normalized spacial score (nSPS) is 9.57. The maximum absolute atomic E-state index is 11.3. The summed E-state index contributed by atoms with van der Waals surface area (Å²) in [6, 6.07) is 6.66. The molecule has 74 valence electrons. The van der Waals surface area contributed by atoms with E-state index in [-0.39, 0.29) is 11.7 Å². The Morgan fingerprint density at radius 3 is 2.07 bits per heavy atom. The Balaban J connectivity index is 2.89. The van der Waals surface area contributed by atoms with E-state index < -0.39 is 0 Å². The van der Waals surface area contributed by atoms with Crippen molar-refractivity contribution >= 4 is 11.7 Å². The molecule has 14 heavy (non-hydrogen) atoms. The van der Waals surface area contributed by atoms with Crippen LogP contribution < -0.4 is 5.32 Å². The number of benzene rings is 1.